The van der Waals surface area contributed by atoms with Crippen LogP contribution in [0.25, 0.3) is 0 Å². The maximum Gasteiger partial charge on any atom is 2.00 e. The SMILES string of the molecule is CCC1(c2cccc([O-])c2)CCCCN(C)C1.CCC1(c2cccc([O-])c2)CCCCN(C)C1.[Mg+2]. The molecule has 4 rings (SSSR count). The summed E-state index contributed by atoms with van der Waals surface area (Å²) < 4.78 is 0. The van der Waals surface area contributed by atoms with Crippen molar-refractivity contribution in [2.24, 2.45) is 0 Å². The molecule has 0 aromatic heterocycles. The fourth-order valence-corrected chi connectivity index (χ4v) is 6.15. The molecule has 2 aliphatic rings. The molecule has 2 heterocycles. The van der Waals surface area contributed by atoms with E-state index in [9.17, 15) is 10.2 Å². The maximum atomic E-state index is 11.5. The van der Waals surface area contributed by atoms with Gasteiger partial charge in [0.2, 0.25) is 0 Å². The third kappa shape index (κ3) is 7.85. The Hall–Kier alpha value is -1.27. The summed E-state index contributed by atoms with van der Waals surface area (Å²) in [5.41, 5.74) is 2.85. The molecule has 2 atom stereocenters. The third-order valence-corrected chi connectivity index (χ3v) is 8.28. The van der Waals surface area contributed by atoms with Gasteiger partial charge in [0.1, 0.15) is 0 Å². The molecule has 2 fully saturated rings. The Labute approximate surface area is 229 Å². The van der Waals surface area contributed by atoms with E-state index in [-0.39, 0.29) is 45.4 Å². The molecular weight excluding hydrogens is 445 g/mol. The number of hydrogen-bond acceptors (Lipinski definition) is 4. The maximum absolute atomic E-state index is 11.5. The summed E-state index contributed by atoms with van der Waals surface area (Å²) in [5, 5.41) is 23.1. The van der Waals surface area contributed by atoms with Crippen molar-refractivity contribution in [3.05, 3.63) is 59.7 Å². The Morgan fingerprint density at radius 2 is 1.09 bits per heavy atom. The van der Waals surface area contributed by atoms with Crippen molar-refractivity contribution in [1.82, 2.24) is 9.80 Å². The van der Waals surface area contributed by atoms with E-state index in [4.69, 9.17) is 0 Å². The first-order valence-corrected chi connectivity index (χ1v) is 13.2. The van der Waals surface area contributed by atoms with Gasteiger partial charge >= 0.3 is 23.1 Å². The van der Waals surface area contributed by atoms with Gasteiger partial charge < -0.3 is 20.0 Å². The minimum Gasteiger partial charge on any atom is -0.872 e. The Morgan fingerprint density at radius 1 is 0.686 bits per heavy atom. The predicted octanol–water partition coefficient (Wildman–Crippen LogP) is 4.67. The standard InChI is InChI=1S/2C15H23NO.Mg/c2*1-3-15(9-4-5-10-16(2)12-15)13-7-6-8-14(17)11-13;/h2*6-8,11,17H,3-5,9-10,12H2,1-2H3;/q;;+2/p-2. The number of likely N-dealkylation sites (N-methyl/N-ethyl adjacent to an activating group) is 2. The summed E-state index contributed by atoms with van der Waals surface area (Å²) >= 11 is 0. The van der Waals surface area contributed by atoms with E-state index in [2.05, 4.69) is 49.9 Å². The number of benzene rings is 2. The van der Waals surface area contributed by atoms with Crippen LogP contribution in [0.1, 0.15) is 76.3 Å². The van der Waals surface area contributed by atoms with Crippen LogP contribution in [-0.4, -0.2) is 73.1 Å². The second kappa shape index (κ2) is 13.9. The van der Waals surface area contributed by atoms with Gasteiger partial charge in [0.15, 0.2) is 0 Å². The molecular formula is C30H44MgN2O2. The van der Waals surface area contributed by atoms with Crippen molar-refractivity contribution in [2.75, 3.05) is 40.3 Å². The largest absolute Gasteiger partial charge is 2.00 e. The number of rotatable bonds is 4. The minimum absolute atomic E-state index is 0. The van der Waals surface area contributed by atoms with E-state index >= 15 is 0 Å². The average Bonchev–Trinajstić information content (AvgIpc) is 3.15. The number of likely N-dealkylation sites (tertiary alicyclic amines) is 2. The van der Waals surface area contributed by atoms with E-state index < -0.39 is 0 Å². The molecule has 4 nitrogen and oxygen atoms in total. The molecule has 2 aliphatic heterocycles. The van der Waals surface area contributed by atoms with Gasteiger partial charge in [-0.2, -0.15) is 0 Å². The van der Waals surface area contributed by atoms with Crippen molar-refractivity contribution in [1.29, 1.82) is 0 Å². The van der Waals surface area contributed by atoms with Gasteiger partial charge in [-0.3, -0.25) is 0 Å². The molecule has 2 saturated heterocycles. The van der Waals surface area contributed by atoms with E-state index in [0.29, 0.717) is 0 Å². The molecule has 0 amide bonds. The van der Waals surface area contributed by atoms with Crippen LogP contribution in [0.15, 0.2) is 48.5 Å². The third-order valence-electron chi connectivity index (χ3n) is 8.28. The van der Waals surface area contributed by atoms with Gasteiger partial charge in [-0.25, -0.2) is 0 Å². The second-order valence-corrected chi connectivity index (χ2v) is 10.7. The molecule has 0 radical (unpaired) electrons. The first-order valence-electron chi connectivity index (χ1n) is 13.2. The Morgan fingerprint density at radius 3 is 1.43 bits per heavy atom. The Kier molecular flexibility index (Phi) is 11.9. The molecule has 35 heavy (non-hydrogen) atoms. The molecule has 0 aliphatic carbocycles. The summed E-state index contributed by atoms with van der Waals surface area (Å²) in [4.78, 5) is 4.82. The molecule has 2 aromatic rings. The van der Waals surface area contributed by atoms with Gasteiger partial charge in [0, 0.05) is 23.9 Å². The van der Waals surface area contributed by atoms with E-state index in [0.717, 1.165) is 25.9 Å². The molecule has 0 N–H and O–H groups in total. The van der Waals surface area contributed by atoms with Crippen molar-refractivity contribution in [3.63, 3.8) is 0 Å². The Bertz CT molecular complexity index is 834. The van der Waals surface area contributed by atoms with Crippen LogP contribution < -0.4 is 10.2 Å². The summed E-state index contributed by atoms with van der Waals surface area (Å²) in [6.45, 7) is 9.00. The number of nitrogens with zero attached hydrogens (tertiary/aromatic N) is 2. The van der Waals surface area contributed by atoms with Crippen molar-refractivity contribution in [2.45, 2.75) is 76.0 Å². The summed E-state index contributed by atoms with van der Waals surface area (Å²) in [6, 6.07) is 15.0. The van der Waals surface area contributed by atoms with Gasteiger partial charge in [-0.1, -0.05) is 75.2 Å². The second-order valence-electron chi connectivity index (χ2n) is 10.7. The van der Waals surface area contributed by atoms with Crippen LogP contribution in [0.4, 0.5) is 0 Å². The molecule has 2 aromatic carbocycles. The normalized spacial score (nSPS) is 25.9. The minimum atomic E-state index is 0. The van der Waals surface area contributed by atoms with Gasteiger partial charge in [0.05, 0.1) is 0 Å². The molecule has 0 bridgehead atoms. The smallest absolute Gasteiger partial charge is 0.872 e. The number of hydrogen-bond donors (Lipinski definition) is 0. The van der Waals surface area contributed by atoms with Gasteiger partial charge in [-0.05, 0) is 76.8 Å². The monoisotopic (exact) mass is 488 g/mol. The zero-order chi connectivity index (χ0) is 24.6. The fourth-order valence-electron chi connectivity index (χ4n) is 6.15. The molecule has 0 saturated carbocycles. The van der Waals surface area contributed by atoms with Crippen molar-refractivity contribution >= 4 is 23.1 Å². The van der Waals surface area contributed by atoms with Crippen LogP contribution in [0.5, 0.6) is 11.5 Å². The fraction of sp³-hybridized carbons (Fsp3) is 0.600. The zero-order valence-corrected chi connectivity index (χ0v) is 23.9. The summed E-state index contributed by atoms with van der Waals surface area (Å²) in [5.74, 6) is 0.282. The molecule has 5 heteroatoms. The van der Waals surface area contributed by atoms with E-state index in [1.54, 1.807) is 12.1 Å². The van der Waals surface area contributed by atoms with Crippen LogP contribution >= 0.6 is 0 Å². The molecule has 0 spiro atoms. The molecule has 188 valence electrons. The van der Waals surface area contributed by atoms with Crippen molar-refractivity contribution in [3.8, 4) is 11.5 Å². The average molecular weight is 489 g/mol. The topological polar surface area (TPSA) is 52.6 Å². The van der Waals surface area contributed by atoms with Crippen molar-refractivity contribution < 1.29 is 10.2 Å². The first kappa shape index (κ1) is 30.0. The van der Waals surface area contributed by atoms with Crippen LogP contribution in [0, 0.1) is 0 Å². The van der Waals surface area contributed by atoms with E-state index in [1.807, 2.05) is 24.3 Å². The van der Waals surface area contributed by atoms with Gasteiger partial charge in [-0.15, -0.1) is 11.5 Å². The first-order chi connectivity index (χ1) is 16.3. The van der Waals surface area contributed by atoms with Crippen LogP contribution in [-0.2, 0) is 10.8 Å². The Balaban J connectivity index is 0.000000240. The predicted molar refractivity (Wildman–Crippen MR) is 144 cm³/mol. The summed E-state index contributed by atoms with van der Waals surface area (Å²) in [6.07, 6.45) is 9.71. The van der Waals surface area contributed by atoms with Gasteiger partial charge in [0.25, 0.3) is 0 Å². The quantitative estimate of drug-likeness (QED) is 0.587. The molecule has 2 unspecified atom stereocenters. The summed E-state index contributed by atoms with van der Waals surface area (Å²) in [7, 11) is 4.38. The van der Waals surface area contributed by atoms with Crippen LogP contribution in [0.2, 0.25) is 0 Å². The van der Waals surface area contributed by atoms with E-state index in [1.165, 1.54) is 62.7 Å². The zero-order valence-electron chi connectivity index (χ0n) is 22.5. The van der Waals surface area contributed by atoms with Crippen LogP contribution in [0.3, 0.4) is 0 Å².